The predicted octanol–water partition coefficient (Wildman–Crippen LogP) is 2.16. The molecule has 6 rings (SSSR count). The maximum atomic E-state index is 13.5. The van der Waals surface area contributed by atoms with Crippen LogP contribution in [0.15, 0.2) is 30.0 Å². The average Bonchev–Trinajstić information content (AvgIpc) is 3.21. The second kappa shape index (κ2) is 6.37. The van der Waals surface area contributed by atoms with Crippen molar-refractivity contribution in [3.05, 3.63) is 35.5 Å². The maximum Gasteiger partial charge on any atom is 0.254 e. The Hall–Kier alpha value is -2.28. The number of hydrogen-bond acceptors (Lipinski definition) is 5. The molecule has 3 saturated heterocycles. The van der Waals surface area contributed by atoms with Crippen LogP contribution in [-0.2, 0) is 0 Å². The van der Waals surface area contributed by atoms with Gasteiger partial charge in [0.1, 0.15) is 0 Å². The second-order valence-electron chi connectivity index (χ2n) is 8.90. The minimum Gasteiger partial charge on any atom is -0.332 e. The third kappa shape index (κ3) is 2.52. The molecule has 3 aliphatic heterocycles. The van der Waals surface area contributed by atoms with E-state index in [9.17, 15) is 4.79 Å². The number of amides is 1. The first-order valence-corrected chi connectivity index (χ1v) is 10.7. The number of rotatable bonds is 1. The Balaban J connectivity index is 1.33. The first-order valence-electron chi connectivity index (χ1n) is 10.7. The van der Waals surface area contributed by atoms with Crippen molar-refractivity contribution < 1.29 is 4.79 Å². The molecule has 4 aliphatic rings. The number of carbonyl (C=O) groups excluding carboxylic acids is 1. The molecule has 146 valence electrons. The Morgan fingerprint density at radius 2 is 2.14 bits per heavy atom. The number of pyridine rings is 1. The molecule has 0 aromatic carbocycles. The molecule has 0 N–H and O–H groups in total. The van der Waals surface area contributed by atoms with E-state index in [-0.39, 0.29) is 11.9 Å². The Morgan fingerprint density at radius 3 is 3.11 bits per heavy atom. The van der Waals surface area contributed by atoms with Crippen LogP contribution >= 0.6 is 0 Å². The van der Waals surface area contributed by atoms with E-state index in [1.807, 2.05) is 12.1 Å². The number of piperidine rings is 3. The lowest BCUT2D eigenvalue weighted by molar-refractivity contribution is 0.00147. The van der Waals surface area contributed by atoms with Gasteiger partial charge in [-0.2, -0.15) is 0 Å². The van der Waals surface area contributed by atoms with E-state index in [0.29, 0.717) is 23.0 Å². The summed E-state index contributed by atoms with van der Waals surface area (Å²) in [5, 5.41) is 11.6. The van der Waals surface area contributed by atoms with Crippen LogP contribution in [0.25, 0.3) is 5.65 Å². The molecule has 0 spiro atoms. The topological polar surface area (TPSA) is 66.6 Å². The minimum absolute atomic E-state index is 0.125. The van der Waals surface area contributed by atoms with Crippen molar-refractivity contribution in [2.75, 3.05) is 19.6 Å². The third-order valence-corrected chi connectivity index (χ3v) is 7.36. The summed E-state index contributed by atoms with van der Waals surface area (Å²) in [6.07, 6.45) is 11.9. The molecule has 5 heterocycles. The molecule has 28 heavy (non-hydrogen) atoms. The van der Waals surface area contributed by atoms with Crippen molar-refractivity contribution in [1.29, 1.82) is 0 Å². The summed E-state index contributed by atoms with van der Waals surface area (Å²) in [5.41, 5.74) is 2.84. The summed E-state index contributed by atoms with van der Waals surface area (Å²) >= 11 is 0. The highest BCUT2D eigenvalue weighted by Gasteiger charge is 2.46. The third-order valence-electron chi connectivity index (χ3n) is 7.36. The van der Waals surface area contributed by atoms with E-state index in [4.69, 9.17) is 0 Å². The Kier molecular flexibility index (Phi) is 3.79. The summed E-state index contributed by atoms with van der Waals surface area (Å²) in [5.74, 6) is 1.39. The van der Waals surface area contributed by atoms with Crippen LogP contribution < -0.4 is 0 Å². The molecular formula is C21H26N6O. The number of hydrogen-bond donors (Lipinski definition) is 0. The lowest BCUT2D eigenvalue weighted by atomic mass is 9.68. The van der Waals surface area contributed by atoms with Crippen LogP contribution in [0.1, 0.15) is 48.9 Å². The number of carbonyl (C=O) groups is 1. The van der Waals surface area contributed by atoms with Crippen LogP contribution in [0.2, 0.25) is 0 Å². The summed E-state index contributed by atoms with van der Waals surface area (Å²) in [6.45, 7) is 3.24. The quantitative estimate of drug-likeness (QED) is 0.712. The minimum atomic E-state index is 0.125. The average molecular weight is 378 g/mol. The van der Waals surface area contributed by atoms with Crippen LogP contribution in [-0.4, -0.2) is 67.5 Å². The molecule has 3 fully saturated rings. The predicted molar refractivity (Wildman–Crippen MR) is 104 cm³/mol. The van der Waals surface area contributed by atoms with Gasteiger partial charge in [-0.3, -0.25) is 9.69 Å². The van der Waals surface area contributed by atoms with Gasteiger partial charge in [-0.25, -0.2) is 4.52 Å². The fourth-order valence-corrected chi connectivity index (χ4v) is 6.24. The van der Waals surface area contributed by atoms with Crippen molar-refractivity contribution in [2.45, 2.75) is 50.6 Å². The fourth-order valence-electron chi connectivity index (χ4n) is 6.24. The largest absolute Gasteiger partial charge is 0.332 e. The summed E-state index contributed by atoms with van der Waals surface area (Å²) in [4.78, 5) is 18.3. The van der Waals surface area contributed by atoms with Crippen molar-refractivity contribution >= 4 is 11.6 Å². The first-order chi connectivity index (χ1) is 13.8. The molecule has 4 atom stereocenters. The monoisotopic (exact) mass is 378 g/mol. The van der Waals surface area contributed by atoms with Gasteiger partial charge in [-0.15, -0.1) is 5.10 Å². The van der Waals surface area contributed by atoms with Gasteiger partial charge in [0.25, 0.3) is 5.91 Å². The summed E-state index contributed by atoms with van der Waals surface area (Å²) < 4.78 is 1.60. The van der Waals surface area contributed by atoms with Gasteiger partial charge in [-0.1, -0.05) is 18.1 Å². The molecule has 7 nitrogen and oxygen atoms in total. The molecular weight excluding hydrogens is 352 g/mol. The molecule has 2 aromatic heterocycles. The van der Waals surface area contributed by atoms with E-state index in [2.05, 4.69) is 31.4 Å². The van der Waals surface area contributed by atoms with Gasteiger partial charge in [-0.05, 0) is 73.0 Å². The van der Waals surface area contributed by atoms with E-state index < -0.39 is 0 Å². The van der Waals surface area contributed by atoms with Crippen LogP contribution in [0.3, 0.4) is 0 Å². The molecule has 2 aromatic rings. The molecule has 1 aliphatic carbocycles. The van der Waals surface area contributed by atoms with Crippen molar-refractivity contribution in [3.63, 3.8) is 0 Å². The molecule has 0 saturated carbocycles. The number of nitrogens with zero attached hydrogens (tertiary/aromatic N) is 6. The van der Waals surface area contributed by atoms with E-state index in [0.717, 1.165) is 32.0 Å². The van der Waals surface area contributed by atoms with Crippen molar-refractivity contribution in [1.82, 2.24) is 29.8 Å². The summed E-state index contributed by atoms with van der Waals surface area (Å²) in [6, 6.07) is 4.67. The number of likely N-dealkylation sites (tertiary alicyclic amines) is 1. The number of fused-ring (bicyclic) bond motifs is 7. The zero-order chi connectivity index (χ0) is 18.7. The second-order valence-corrected chi connectivity index (χ2v) is 8.90. The first kappa shape index (κ1) is 16.7. The highest BCUT2D eigenvalue weighted by atomic mass is 16.2. The molecule has 2 unspecified atom stereocenters. The maximum absolute atomic E-state index is 13.5. The van der Waals surface area contributed by atoms with E-state index in [1.54, 1.807) is 10.7 Å². The van der Waals surface area contributed by atoms with Crippen molar-refractivity contribution in [3.8, 4) is 0 Å². The highest BCUT2D eigenvalue weighted by molar-refractivity contribution is 5.95. The zero-order valence-electron chi connectivity index (χ0n) is 16.1. The van der Waals surface area contributed by atoms with Crippen LogP contribution in [0, 0.1) is 11.8 Å². The smallest absolute Gasteiger partial charge is 0.254 e. The number of aromatic nitrogens is 4. The van der Waals surface area contributed by atoms with Gasteiger partial charge in [0.05, 0.1) is 6.04 Å². The van der Waals surface area contributed by atoms with E-state index in [1.165, 1.54) is 37.8 Å². The van der Waals surface area contributed by atoms with Crippen LogP contribution in [0.4, 0.5) is 0 Å². The SMILES string of the molecule is O=C(c1ccn2nnnc2c1)N1CCCC2=C[C@H]3C[C@@H](CN4CCCCC34)C21. The Bertz CT molecular complexity index is 951. The summed E-state index contributed by atoms with van der Waals surface area (Å²) in [7, 11) is 0. The van der Waals surface area contributed by atoms with Gasteiger partial charge in [0.15, 0.2) is 5.65 Å². The lowest BCUT2D eigenvalue weighted by Crippen LogP contribution is -2.60. The molecule has 1 amide bonds. The highest BCUT2D eigenvalue weighted by Crippen LogP contribution is 2.45. The van der Waals surface area contributed by atoms with Gasteiger partial charge in [0.2, 0.25) is 0 Å². The Labute approximate surface area is 164 Å². The fraction of sp³-hybridized carbons (Fsp3) is 0.619. The van der Waals surface area contributed by atoms with Gasteiger partial charge >= 0.3 is 0 Å². The Morgan fingerprint density at radius 1 is 1.18 bits per heavy atom. The molecule has 7 heteroatoms. The number of tetrazole rings is 1. The van der Waals surface area contributed by atoms with Crippen LogP contribution in [0.5, 0.6) is 0 Å². The van der Waals surface area contributed by atoms with Crippen molar-refractivity contribution in [2.24, 2.45) is 11.8 Å². The van der Waals surface area contributed by atoms with Gasteiger partial charge < -0.3 is 4.90 Å². The normalized spacial score (nSPS) is 32.6. The lowest BCUT2D eigenvalue weighted by Gasteiger charge is -2.54. The standard InChI is InChI=1S/C21H26N6O/c28-21(15-6-9-27-19(12-15)22-23-24-27)26-8-3-4-14-10-16-11-17(20(14)26)13-25-7-2-1-5-18(16)25/h6,9-10,12,16-18,20H,1-5,7-8,11,13H2/t16-,17-,18?,20?/m0/s1. The van der Waals surface area contributed by atoms with E-state index >= 15 is 0 Å². The van der Waals surface area contributed by atoms with Gasteiger partial charge in [0, 0.05) is 30.9 Å². The molecule has 2 bridgehead atoms. The molecule has 0 radical (unpaired) electrons. The zero-order valence-corrected chi connectivity index (χ0v) is 16.1.